The fourth-order valence-electron chi connectivity index (χ4n) is 4.52. The molecular formula is C21H26N4O4. The van der Waals surface area contributed by atoms with Crippen LogP contribution in [0.1, 0.15) is 53.0 Å². The van der Waals surface area contributed by atoms with Crippen LogP contribution in [0.5, 0.6) is 0 Å². The Morgan fingerprint density at radius 1 is 1.07 bits per heavy atom. The third kappa shape index (κ3) is 3.70. The third-order valence-electron chi connectivity index (χ3n) is 5.87. The molecule has 0 spiro atoms. The van der Waals surface area contributed by atoms with Gasteiger partial charge in [-0.1, -0.05) is 19.1 Å². The predicted octanol–water partition coefficient (Wildman–Crippen LogP) is 0.518. The lowest BCUT2D eigenvalue weighted by Gasteiger charge is -2.28. The van der Waals surface area contributed by atoms with Crippen LogP contribution < -0.4 is 10.6 Å². The zero-order valence-corrected chi connectivity index (χ0v) is 16.7. The number of hydrogen-bond acceptors (Lipinski definition) is 6. The molecule has 2 fully saturated rings. The molecule has 0 saturated carbocycles. The van der Waals surface area contributed by atoms with Gasteiger partial charge in [0, 0.05) is 32.1 Å². The smallest absolute Gasteiger partial charge is 0.262 e. The molecule has 8 nitrogen and oxygen atoms in total. The molecule has 2 N–H and O–H groups in total. The zero-order chi connectivity index (χ0) is 20.7. The first-order valence-corrected chi connectivity index (χ1v) is 10.1. The van der Waals surface area contributed by atoms with E-state index < -0.39 is 23.8 Å². The average Bonchev–Trinajstić information content (AvgIpc) is 2.80. The van der Waals surface area contributed by atoms with Crippen LogP contribution in [0.25, 0.3) is 0 Å². The summed E-state index contributed by atoms with van der Waals surface area (Å²) in [5, 5.41) is 5.73. The highest BCUT2D eigenvalue weighted by molar-refractivity contribution is 6.24. The van der Waals surface area contributed by atoms with Crippen LogP contribution in [0, 0.1) is 5.92 Å². The summed E-state index contributed by atoms with van der Waals surface area (Å²) in [4.78, 5) is 53.2. The van der Waals surface area contributed by atoms with E-state index in [0.29, 0.717) is 29.6 Å². The van der Waals surface area contributed by atoms with Crippen molar-refractivity contribution >= 4 is 23.6 Å². The van der Waals surface area contributed by atoms with Gasteiger partial charge in [0.1, 0.15) is 6.04 Å². The number of piperidine rings is 1. The van der Waals surface area contributed by atoms with Gasteiger partial charge in [-0.2, -0.15) is 0 Å². The summed E-state index contributed by atoms with van der Waals surface area (Å²) >= 11 is 0. The molecule has 3 unspecified atom stereocenters. The van der Waals surface area contributed by atoms with Gasteiger partial charge < -0.3 is 5.32 Å². The Bertz CT molecular complexity index is 871. The van der Waals surface area contributed by atoms with E-state index in [4.69, 9.17) is 0 Å². The van der Waals surface area contributed by atoms with E-state index in [1.165, 1.54) is 0 Å². The molecular weight excluding hydrogens is 372 g/mol. The lowest BCUT2D eigenvalue weighted by molar-refractivity contribution is -0.136. The number of imide groups is 2. The van der Waals surface area contributed by atoms with Crippen molar-refractivity contribution in [1.29, 1.82) is 0 Å². The van der Waals surface area contributed by atoms with Crippen molar-refractivity contribution in [1.82, 2.24) is 20.4 Å². The maximum atomic E-state index is 13.2. The van der Waals surface area contributed by atoms with E-state index >= 15 is 0 Å². The fourth-order valence-corrected chi connectivity index (χ4v) is 4.52. The van der Waals surface area contributed by atoms with E-state index in [0.717, 1.165) is 30.1 Å². The summed E-state index contributed by atoms with van der Waals surface area (Å²) in [6.45, 7) is 7.60. The van der Waals surface area contributed by atoms with E-state index in [1.807, 2.05) is 6.07 Å². The minimum atomic E-state index is -0.935. The monoisotopic (exact) mass is 398 g/mol. The van der Waals surface area contributed by atoms with Crippen LogP contribution in [0.3, 0.4) is 0 Å². The summed E-state index contributed by atoms with van der Waals surface area (Å²) in [7, 11) is 0. The number of amides is 4. The number of rotatable bonds is 3. The summed E-state index contributed by atoms with van der Waals surface area (Å²) in [6.07, 6.45) is 0.283. The van der Waals surface area contributed by atoms with Crippen molar-refractivity contribution < 1.29 is 19.2 Å². The first kappa shape index (κ1) is 19.7. The van der Waals surface area contributed by atoms with E-state index in [-0.39, 0.29) is 18.7 Å². The van der Waals surface area contributed by atoms with Crippen molar-refractivity contribution in [3.63, 3.8) is 0 Å². The Morgan fingerprint density at radius 2 is 1.86 bits per heavy atom. The van der Waals surface area contributed by atoms with Gasteiger partial charge in [-0.3, -0.25) is 34.3 Å². The lowest BCUT2D eigenvalue weighted by atomic mass is 10.0. The molecule has 3 heterocycles. The van der Waals surface area contributed by atoms with Crippen molar-refractivity contribution in [2.75, 3.05) is 19.6 Å². The molecule has 154 valence electrons. The maximum Gasteiger partial charge on any atom is 0.262 e. The van der Waals surface area contributed by atoms with E-state index in [1.54, 1.807) is 12.1 Å². The molecule has 4 rings (SSSR count). The van der Waals surface area contributed by atoms with E-state index in [2.05, 4.69) is 29.4 Å². The second kappa shape index (κ2) is 7.68. The molecule has 4 amide bonds. The van der Waals surface area contributed by atoms with Crippen molar-refractivity contribution in [3.8, 4) is 0 Å². The number of nitrogens with zero attached hydrogens (tertiary/aromatic N) is 2. The zero-order valence-electron chi connectivity index (χ0n) is 16.7. The number of benzene rings is 1. The van der Waals surface area contributed by atoms with Crippen LogP contribution in [-0.2, 0) is 16.1 Å². The Hall–Kier alpha value is -2.58. The Balaban J connectivity index is 1.61. The molecule has 0 radical (unpaired) electrons. The fraction of sp³-hybridized carbons (Fsp3) is 0.524. The van der Waals surface area contributed by atoms with Crippen LogP contribution in [0.4, 0.5) is 0 Å². The van der Waals surface area contributed by atoms with Gasteiger partial charge in [-0.05, 0) is 37.4 Å². The first-order chi connectivity index (χ1) is 13.8. The van der Waals surface area contributed by atoms with Gasteiger partial charge >= 0.3 is 0 Å². The van der Waals surface area contributed by atoms with E-state index in [9.17, 15) is 19.2 Å². The van der Waals surface area contributed by atoms with Crippen LogP contribution >= 0.6 is 0 Å². The standard InChI is InChI=1S/C21H26N4O4/c1-12-8-22-13(2)10-24(9-12)11-14-4-3-5-15-18(14)21(29)25(20(15)28)16-6-7-17(26)23-19(16)27/h3-5,12-13,16,22H,6-11H2,1-2H3,(H,23,26,27). The second-order valence-corrected chi connectivity index (χ2v) is 8.40. The Kier molecular flexibility index (Phi) is 5.23. The molecule has 1 aromatic carbocycles. The molecule has 3 aliphatic rings. The topological polar surface area (TPSA) is 98.8 Å². The molecule has 29 heavy (non-hydrogen) atoms. The molecule has 0 aliphatic carbocycles. The third-order valence-corrected chi connectivity index (χ3v) is 5.87. The highest BCUT2D eigenvalue weighted by atomic mass is 16.2. The molecule has 0 bridgehead atoms. The first-order valence-electron chi connectivity index (χ1n) is 10.1. The molecule has 3 aliphatic heterocycles. The number of fused-ring (bicyclic) bond motifs is 1. The van der Waals surface area contributed by atoms with Crippen LogP contribution in [-0.4, -0.2) is 65.1 Å². The summed E-state index contributed by atoms with van der Waals surface area (Å²) in [5.41, 5.74) is 1.53. The summed E-state index contributed by atoms with van der Waals surface area (Å²) < 4.78 is 0. The van der Waals surface area contributed by atoms with Crippen molar-refractivity contribution in [3.05, 3.63) is 34.9 Å². The quantitative estimate of drug-likeness (QED) is 0.721. The maximum absolute atomic E-state index is 13.2. The summed E-state index contributed by atoms with van der Waals surface area (Å²) in [6, 6.07) is 4.71. The van der Waals surface area contributed by atoms with Gasteiger partial charge in [0.05, 0.1) is 11.1 Å². The number of carbonyl (C=O) groups is 4. The lowest BCUT2D eigenvalue weighted by Crippen LogP contribution is -2.54. The van der Waals surface area contributed by atoms with Gasteiger partial charge in [-0.15, -0.1) is 0 Å². The van der Waals surface area contributed by atoms with Gasteiger partial charge in [-0.25, -0.2) is 0 Å². The average molecular weight is 398 g/mol. The number of nitrogens with one attached hydrogen (secondary N) is 2. The largest absolute Gasteiger partial charge is 0.313 e. The highest BCUT2D eigenvalue weighted by Crippen LogP contribution is 2.30. The number of carbonyl (C=O) groups excluding carboxylic acids is 4. The van der Waals surface area contributed by atoms with Crippen LogP contribution in [0.2, 0.25) is 0 Å². The number of hydrogen-bond donors (Lipinski definition) is 2. The van der Waals surface area contributed by atoms with Gasteiger partial charge in [0.25, 0.3) is 11.8 Å². The second-order valence-electron chi connectivity index (χ2n) is 8.40. The van der Waals surface area contributed by atoms with Gasteiger partial charge in [0.15, 0.2) is 0 Å². The molecule has 2 saturated heterocycles. The highest BCUT2D eigenvalue weighted by Gasteiger charge is 2.45. The van der Waals surface area contributed by atoms with Gasteiger partial charge in [0.2, 0.25) is 11.8 Å². The van der Waals surface area contributed by atoms with Crippen LogP contribution in [0.15, 0.2) is 18.2 Å². The Morgan fingerprint density at radius 3 is 2.62 bits per heavy atom. The predicted molar refractivity (Wildman–Crippen MR) is 105 cm³/mol. The molecule has 0 aromatic heterocycles. The van der Waals surface area contributed by atoms with Crippen molar-refractivity contribution in [2.45, 2.75) is 45.3 Å². The minimum absolute atomic E-state index is 0.118. The molecule has 1 aromatic rings. The summed E-state index contributed by atoms with van der Waals surface area (Å²) in [5.74, 6) is -1.38. The molecule has 8 heteroatoms. The SMILES string of the molecule is CC1CNC(C)CN(Cc2cccc3c2C(=O)N(C2CCC(=O)NC2=O)C3=O)C1. The normalized spacial score (nSPS) is 28.3. The van der Waals surface area contributed by atoms with Crippen molar-refractivity contribution in [2.24, 2.45) is 5.92 Å². The minimum Gasteiger partial charge on any atom is -0.313 e. The Labute approximate surface area is 169 Å². The molecule has 3 atom stereocenters.